The number of hydrazine groups is 1. The monoisotopic (exact) mass is 462 g/mol. The maximum atomic E-state index is 13.1. The Morgan fingerprint density at radius 3 is 2.22 bits per heavy atom. The van der Waals surface area contributed by atoms with Crippen molar-refractivity contribution in [2.24, 2.45) is 0 Å². The Morgan fingerprint density at radius 2 is 1.56 bits per heavy atom. The predicted octanol–water partition coefficient (Wildman–Crippen LogP) is 1.19. The minimum atomic E-state index is -3.60. The van der Waals surface area contributed by atoms with Gasteiger partial charge in [-0.05, 0) is 55.3 Å². The largest absolute Gasteiger partial charge is 0.343 e. The summed E-state index contributed by atoms with van der Waals surface area (Å²) in [4.78, 5) is 36.0. The molecule has 3 amide bonds. The molecule has 11 heteroatoms. The number of sulfonamides is 1. The van der Waals surface area contributed by atoms with Gasteiger partial charge in [0.15, 0.2) is 0 Å². The summed E-state index contributed by atoms with van der Waals surface area (Å²) in [6.45, 7) is 0.529. The van der Waals surface area contributed by atoms with Crippen LogP contribution in [0.2, 0.25) is 0 Å². The summed E-state index contributed by atoms with van der Waals surface area (Å²) in [6.07, 6.45) is 2.65. The number of nitrogens with zero attached hydrogens (tertiary/aromatic N) is 1. The molecule has 0 aromatic heterocycles. The molecule has 3 rings (SSSR count). The molecule has 1 fully saturated rings. The van der Waals surface area contributed by atoms with E-state index in [0.29, 0.717) is 13.1 Å². The summed E-state index contributed by atoms with van der Waals surface area (Å²) in [5, 5.41) is 2.37. The lowest BCUT2D eigenvalue weighted by Crippen LogP contribution is -2.46. The van der Waals surface area contributed by atoms with E-state index in [0.717, 1.165) is 25.3 Å². The second-order valence-electron chi connectivity index (χ2n) is 7.18. The maximum Gasteiger partial charge on any atom is 0.269 e. The Morgan fingerprint density at radius 1 is 0.875 bits per heavy atom. The molecule has 1 aliphatic rings. The number of hydrogen-bond acceptors (Lipinski definition) is 5. The van der Waals surface area contributed by atoms with Crippen molar-refractivity contribution in [1.82, 2.24) is 20.5 Å². The van der Waals surface area contributed by atoms with Crippen molar-refractivity contribution in [1.29, 1.82) is 0 Å². The van der Waals surface area contributed by atoms with E-state index in [4.69, 9.17) is 0 Å². The molecule has 3 N–H and O–H groups in total. The molecule has 170 valence electrons. The number of amides is 3. The van der Waals surface area contributed by atoms with E-state index in [9.17, 15) is 27.2 Å². The lowest BCUT2D eigenvalue weighted by molar-refractivity contribution is -0.120. The standard InChI is InChI=1S/C21H23FN4O5S/c22-17-6-4-5-16(13-17)21(29)25-24-19(27)14-23-20(28)15-7-9-18(10-8-15)32(30,31)26-11-2-1-3-12-26/h4-10,13H,1-3,11-12,14H2,(H,23,28)(H,24,27)(H,25,29). The minimum Gasteiger partial charge on any atom is -0.343 e. The number of rotatable bonds is 6. The average Bonchev–Trinajstić information content (AvgIpc) is 2.81. The summed E-state index contributed by atoms with van der Waals surface area (Å²) in [7, 11) is -3.60. The summed E-state index contributed by atoms with van der Waals surface area (Å²) in [5.74, 6) is -2.59. The fourth-order valence-electron chi connectivity index (χ4n) is 3.17. The van der Waals surface area contributed by atoms with Gasteiger partial charge in [0.25, 0.3) is 17.7 Å². The van der Waals surface area contributed by atoms with Gasteiger partial charge in [0, 0.05) is 24.2 Å². The summed E-state index contributed by atoms with van der Waals surface area (Å²) in [5.41, 5.74) is 4.43. The molecule has 1 heterocycles. The van der Waals surface area contributed by atoms with Gasteiger partial charge >= 0.3 is 0 Å². The van der Waals surface area contributed by atoms with Crippen LogP contribution in [-0.4, -0.2) is 50.1 Å². The van der Waals surface area contributed by atoms with Crippen molar-refractivity contribution in [3.8, 4) is 0 Å². The molecule has 0 bridgehead atoms. The molecule has 1 aliphatic heterocycles. The highest BCUT2D eigenvalue weighted by molar-refractivity contribution is 7.89. The molecule has 0 saturated carbocycles. The fraction of sp³-hybridized carbons (Fsp3) is 0.286. The predicted molar refractivity (Wildman–Crippen MR) is 113 cm³/mol. The highest BCUT2D eigenvalue weighted by Gasteiger charge is 2.26. The minimum absolute atomic E-state index is 0.0222. The van der Waals surface area contributed by atoms with Gasteiger partial charge in [-0.25, -0.2) is 12.8 Å². The zero-order valence-electron chi connectivity index (χ0n) is 17.1. The number of piperidine rings is 1. The van der Waals surface area contributed by atoms with Gasteiger partial charge < -0.3 is 5.32 Å². The Labute approximate surface area is 185 Å². The summed E-state index contributed by atoms with van der Waals surface area (Å²) >= 11 is 0. The highest BCUT2D eigenvalue weighted by Crippen LogP contribution is 2.20. The van der Waals surface area contributed by atoms with Crippen LogP contribution >= 0.6 is 0 Å². The molecular formula is C21H23FN4O5S. The molecule has 0 aliphatic carbocycles. The van der Waals surface area contributed by atoms with Crippen LogP contribution in [0.5, 0.6) is 0 Å². The van der Waals surface area contributed by atoms with Gasteiger partial charge in [-0.3, -0.25) is 25.2 Å². The molecule has 2 aromatic carbocycles. The van der Waals surface area contributed by atoms with Crippen LogP contribution in [0.4, 0.5) is 4.39 Å². The van der Waals surface area contributed by atoms with Crippen molar-refractivity contribution in [2.45, 2.75) is 24.2 Å². The number of halogens is 1. The first kappa shape index (κ1) is 23.4. The topological polar surface area (TPSA) is 125 Å². The van der Waals surface area contributed by atoms with Crippen LogP contribution in [0, 0.1) is 5.82 Å². The number of hydrogen-bond donors (Lipinski definition) is 3. The van der Waals surface area contributed by atoms with E-state index in [1.807, 2.05) is 0 Å². The van der Waals surface area contributed by atoms with Gasteiger partial charge in [-0.2, -0.15) is 4.31 Å². The van der Waals surface area contributed by atoms with Crippen LogP contribution in [0.15, 0.2) is 53.4 Å². The molecule has 9 nitrogen and oxygen atoms in total. The SMILES string of the molecule is O=C(CNC(=O)c1ccc(S(=O)(=O)N2CCCCC2)cc1)NNC(=O)c1cccc(F)c1. The fourth-order valence-corrected chi connectivity index (χ4v) is 4.68. The highest BCUT2D eigenvalue weighted by atomic mass is 32.2. The van der Waals surface area contributed by atoms with Crippen LogP contribution < -0.4 is 16.2 Å². The lowest BCUT2D eigenvalue weighted by atomic mass is 10.2. The van der Waals surface area contributed by atoms with E-state index in [-0.39, 0.29) is 16.0 Å². The van der Waals surface area contributed by atoms with Crippen LogP contribution in [-0.2, 0) is 14.8 Å². The zero-order chi connectivity index (χ0) is 23.1. The van der Waals surface area contributed by atoms with Gasteiger partial charge in [0.05, 0.1) is 11.4 Å². The molecule has 2 aromatic rings. The van der Waals surface area contributed by atoms with Gasteiger partial charge in [0.1, 0.15) is 5.82 Å². The van der Waals surface area contributed by atoms with Crippen molar-refractivity contribution in [3.63, 3.8) is 0 Å². The van der Waals surface area contributed by atoms with Gasteiger partial charge in [0.2, 0.25) is 10.0 Å². The third-order valence-electron chi connectivity index (χ3n) is 4.88. The zero-order valence-corrected chi connectivity index (χ0v) is 18.0. The van der Waals surface area contributed by atoms with Gasteiger partial charge in [-0.1, -0.05) is 12.5 Å². The average molecular weight is 463 g/mol. The second-order valence-corrected chi connectivity index (χ2v) is 9.12. The maximum absolute atomic E-state index is 13.1. The first-order valence-corrected chi connectivity index (χ1v) is 11.4. The third-order valence-corrected chi connectivity index (χ3v) is 6.79. The van der Waals surface area contributed by atoms with Crippen LogP contribution in [0.1, 0.15) is 40.0 Å². The molecule has 0 radical (unpaired) electrons. The third kappa shape index (κ3) is 5.89. The molecule has 0 spiro atoms. The van der Waals surface area contributed by atoms with E-state index < -0.39 is 40.1 Å². The molecular weight excluding hydrogens is 439 g/mol. The van der Waals surface area contributed by atoms with Crippen LogP contribution in [0.3, 0.4) is 0 Å². The number of benzene rings is 2. The first-order chi connectivity index (χ1) is 15.3. The van der Waals surface area contributed by atoms with Crippen molar-refractivity contribution in [3.05, 3.63) is 65.5 Å². The van der Waals surface area contributed by atoms with E-state index in [1.165, 1.54) is 46.8 Å². The molecule has 0 unspecified atom stereocenters. The molecule has 0 atom stereocenters. The number of carbonyl (C=O) groups excluding carboxylic acids is 3. The Kier molecular flexibility index (Phi) is 7.54. The smallest absolute Gasteiger partial charge is 0.269 e. The van der Waals surface area contributed by atoms with Crippen molar-refractivity contribution >= 4 is 27.7 Å². The van der Waals surface area contributed by atoms with Crippen molar-refractivity contribution < 1.29 is 27.2 Å². The van der Waals surface area contributed by atoms with E-state index in [2.05, 4.69) is 16.2 Å². The number of carbonyl (C=O) groups is 3. The van der Waals surface area contributed by atoms with E-state index in [1.54, 1.807) is 0 Å². The Bertz CT molecular complexity index is 1100. The van der Waals surface area contributed by atoms with E-state index >= 15 is 0 Å². The quantitative estimate of drug-likeness (QED) is 0.557. The van der Waals surface area contributed by atoms with Crippen LogP contribution in [0.25, 0.3) is 0 Å². The Hall–Kier alpha value is -3.31. The lowest BCUT2D eigenvalue weighted by Gasteiger charge is -2.25. The number of nitrogens with one attached hydrogen (secondary N) is 3. The summed E-state index contributed by atoms with van der Waals surface area (Å²) < 4.78 is 39.9. The second kappa shape index (κ2) is 10.3. The normalized spacial score (nSPS) is 14.4. The van der Waals surface area contributed by atoms with Gasteiger partial charge in [-0.15, -0.1) is 0 Å². The first-order valence-electron chi connectivity index (χ1n) is 10.0. The molecule has 1 saturated heterocycles. The van der Waals surface area contributed by atoms with Crippen molar-refractivity contribution in [2.75, 3.05) is 19.6 Å². The molecule has 32 heavy (non-hydrogen) atoms. The summed E-state index contributed by atoms with van der Waals surface area (Å²) in [6, 6.07) is 10.4. The Balaban J connectivity index is 1.49.